The third kappa shape index (κ3) is 1.69. The molecule has 19 heavy (non-hydrogen) atoms. The number of carboxylic acid groups (broad SMARTS) is 1. The van der Waals surface area contributed by atoms with Crippen LogP contribution in [0.4, 0.5) is 4.39 Å². The summed E-state index contributed by atoms with van der Waals surface area (Å²) in [6.07, 6.45) is 1.75. The maximum Gasteiger partial charge on any atom is 0.358 e. The zero-order valence-corrected chi connectivity index (χ0v) is 9.92. The average molecular weight is 260 g/mol. The molecule has 0 atom stereocenters. The second kappa shape index (κ2) is 3.94. The van der Waals surface area contributed by atoms with Crippen molar-refractivity contribution < 1.29 is 18.8 Å². The fourth-order valence-corrected chi connectivity index (χ4v) is 2.01. The molecule has 0 aliphatic carbocycles. The van der Waals surface area contributed by atoms with Crippen molar-refractivity contribution in [3.63, 3.8) is 0 Å². The van der Waals surface area contributed by atoms with Crippen LogP contribution in [-0.4, -0.2) is 20.8 Å². The van der Waals surface area contributed by atoms with Gasteiger partial charge in [-0.2, -0.15) is 0 Å². The summed E-state index contributed by atoms with van der Waals surface area (Å²) in [5, 5.41) is 12.6. The van der Waals surface area contributed by atoms with Crippen LogP contribution in [0, 0.1) is 5.82 Å². The van der Waals surface area contributed by atoms with Crippen LogP contribution in [0.5, 0.6) is 0 Å². The minimum atomic E-state index is -1.21. The predicted octanol–water partition coefficient (Wildman–Crippen LogP) is 2.67. The van der Waals surface area contributed by atoms with Gasteiger partial charge < -0.3 is 14.2 Å². The second-order valence-corrected chi connectivity index (χ2v) is 4.17. The molecule has 0 spiro atoms. The normalized spacial score (nSPS) is 11.1. The number of carbonyl (C=O) groups is 1. The molecule has 6 heteroatoms. The van der Waals surface area contributed by atoms with Gasteiger partial charge in [-0.25, -0.2) is 9.18 Å². The van der Waals surface area contributed by atoms with Crippen LogP contribution in [0.25, 0.3) is 22.2 Å². The summed E-state index contributed by atoms with van der Waals surface area (Å²) in [6.45, 7) is 0. The zero-order chi connectivity index (χ0) is 13.6. The number of halogens is 1. The van der Waals surface area contributed by atoms with Crippen LogP contribution < -0.4 is 0 Å². The summed E-state index contributed by atoms with van der Waals surface area (Å²) in [4.78, 5) is 10.7. The minimum Gasteiger partial charge on any atom is -0.476 e. The lowest BCUT2D eigenvalue weighted by Gasteiger charge is -2.01. The van der Waals surface area contributed by atoms with Gasteiger partial charge in [0.1, 0.15) is 5.82 Å². The van der Waals surface area contributed by atoms with Crippen molar-refractivity contribution >= 4 is 16.9 Å². The molecule has 96 valence electrons. The van der Waals surface area contributed by atoms with Crippen molar-refractivity contribution in [1.82, 2.24) is 9.72 Å². The number of aryl methyl sites for hydroxylation is 1. The summed E-state index contributed by atoms with van der Waals surface area (Å²) >= 11 is 0. The Morgan fingerprint density at radius 2 is 2.21 bits per heavy atom. The van der Waals surface area contributed by atoms with Crippen molar-refractivity contribution in [3.05, 3.63) is 42.0 Å². The van der Waals surface area contributed by atoms with Gasteiger partial charge in [0.05, 0.1) is 11.1 Å². The molecule has 3 rings (SSSR count). The van der Waals surface area contributed by atoms with E-state index in [0.717, 1.165) is 5.52 Å². The Morgan fingerprint density at radius 1 is 1.42 bits per heavy atom. The average Bonchev–Trinajstić information content (AvgIpc) is 2.98. The highest BCUT2D eigenvalue weighted by Gasteiger charge is 2.17. The van der Waals surface area contributed by atoms with Crippen LogP contribution >= 0.6 is 0 Å². The van der Waals surface area contributed by atoms with Gasteiger partial charge in [0, 0.05) is 24.7 Å². The van der Waals surface area contributed by atoms with Crippen LogP contribution in [0.1, 0.15) is 10.5 Å². The van der Waals surface area contributed by atoms with Gasteiger partial charge in [-0.15, -0.1) is 0 Å². The van der Waals surface area contributed by atoms with E-state index in [1.807, 2.05) is 7.05 Å². The molecule has 0 aliphatic heterocycles. The van der Waals surface area contributed by atoms with E-state index in [9.17, 15) is 9.18 Å². The summed E-state index contributed by atoms with van der Waals surface area (Å²) in [5.41, 5.74) is 0.695. The molecular weight excluding hydrogens is 251 g/mol. The first-order valence-corrected chi connectivity index (χ1v) is 5.52. The maximum atomic E-state index is 14.3. The lowest BCUT2D eigenvalue weighted by Crippen LogP contribution is -1.94. The Bertz CT molecular complexity index is 788. The van der Waals surface area contributed by atoms with Gasteiger partial charge in [0.15, 0.2) is 11.5 Å². The Morgan fingerprint density at radius 3 is 2.89 bits per heavy atom. The third-order valence-corrected chi connectivity index (χ3v) is 3.00. The van der Waals surface area contributed by atoms with Gasteiger partial charge in [-0.05, 0) is 18.2 Å². The van der Waals surface area contributed by atoms with E-state index in [4.69, 9.17) is 9.63 Å². The monoisotopic (exact) mass is 260 g/mol. The van der Waals surface area contributed by atoms with Gasteiger partial charge in [-0.1, -0.05) is 5.16 Å². The Hall–Kier alpha value is -2.63. The first-order valence-electron chi connectivity index (χ1n) is 5.52. The molecule has 0 saturated carbocycles. The number of fused-ring (bicyclic) bond motifs is 1. The standard InChI is InChI=1S/C13H9FN2O3/c1-16-5-4-7-10(16)3-2-8(12(7)14)11-6-9(13(17)18)15-19-11/h2-6H,1H3,(H,17,18). The highest BCUT2D eigenvalue weighted by molar-refractivity contribution is 5.88. The van der Waals surface area contributed by atoms with E-state index < -0.39 is 11.8 Å². The number of rotatable bonds is 2. The van der Waals surface area contributed by atoms with E-state index in [2.05, 4.69) is 5.16 Å². The van der Waals surface area contributed by atoms with Crippen molar-refractivity contribution in [2.24, 2.45) is 7.05 Å². The minimum absolute atomic E-state index is 0.0978. The molecule has 2 aromatic heterocycles. The van der Waals surface area contributed by atoms with Gasteiger partial charge in [0.25, 0.3) is 0 Å². The van der Waals surface area contributed by atoms with Crippen LogP contribution in [0.2, 0.25) is 0 Å². The van der Waals surface area contributed by atoms with Gasteiger partial charge in [0.2, 0.25) is 0 Å². The summed E-state index contributed by atoms with van der Waals surface area (Å²) in [7, 11) is 1.82. The molecule has 0 radical (unpaired) electrons. The Balaban J connectivity index is 2.19. The van der Waals surface area contributed by atoms with Crippen molar-refractivity contribution in [1.29, 1.82) is 0 Å². The molecule has 3 aromatic rings. The molecule has 0 amide bonds. The van der Waals surface area contributed by atoms with E-state index in [1.54, 1.807) is 29.0 Å². The molecule has 1 aromatic carbocycles. The number of carboxylic acids is 1. The quantitative estimate of drug-likeness (QED) is 0.769. The van der Waals surface area contributed by atoms with E-state index in [-0.39, 0.29) is 17.0 Å². The number of nitrogens with zero attached hydrogens (tertiary/aromatic N) is 2. The predicted molar refractivity (Wildman–Crippen MR) is 65.3 cm³/mol. The first kappa shape index (κ1) is 11.5. The van der Waals surface area contributed by atoms with Gasteiger partial charge >= 0.3 is 5.97 Å². The van der Waals surface area contributed by atoms with E-state index in [1.165, 1.54) is 6.07 Å². The van der Waals surface area contributed by atoms with Gasteiger partial charge in [-0.3, -0.25) is 0 Å². The molecule has 0 bridgehead atoms. The van der Waals surface area contributed by atoms with Crippen LogP contribution in [0.15, 0.2) is 35.0 Å². The number of aromatic carboxylic acids is 1. The molecule has 5 nitrogen and oxygen atoms in total. The topological polar surface area (TPSA) is 68.3 Å². The Labute approximate surface area is 106 Å². The lowest BCUT2D eigenvalue weighted by atomic mass is 10.1. The van der Waals surface area contributed by atoms with Crippen molar-refractivity contribution in [2.45, 2.75) is 0 Å². The lowest BCUT2D eigenvalue weighted by molar-refractivity contribution is 0.0686. The number of benzene rings is 1. The molecule has 2 heterocycles. The number of aromatic nitrogens is 2. The Kier molecular flexibility index (Phi) is 2.38. The zero-order valence-electron chi connectivity index (χ0n) is 9.92. The van der Waals surface area contributed by atoms with Crippen molar-refractivity contribution in [3.8, 4) is 11.3 Å². The SMILES string of the molecule is Cn1ccc2c(F)c(-c3cc(C(=O)O)no3)ccc21. The molecule has 0 aliphatic rings. The van der Waals surface area contributed by atoms with Crippen LogP contribution in [-0.2, 0) is 7.05 Å². The molecule has 0 saturated heterocycles. The number of hydrogen-bond acceptors (Lipinski definition) is 3. The summed E-state index contributed by atoms with van der Waals surface area (Å²) in [5.74, 6) is -1.57. The molecule has 1 N–H and O–H groups in total. The first-order chi connectivity index (χ1) is 9.08. The van der Waals surface area contributed by atoms with E-state index in [0.29, 0.717) is 5.39 Å². The molecular formula is C13H9FN2O3. The summed E-state index contributed by atoms with van der Waals surface area (Å²) in [6, 6.07) is 6.15. The van der Waals surface area contributed by atoms with Crippen LogP contribution in [0.3, 0.4) is 0 Å². The largest absolute Gasteiger partial charge is 0.476 e. The highest BCUT2D eigenvalue weighted by Crippen LogP contribution is 2.29. The number of hydrogen-bond donors (Lipinski definition) is 1. The highest BCUT2D eigenvalue weighted by atomic mass is 19.1. The third-order valence-electron chi connectivity index (χ3n) is 3.00. The maximum absolute atomic E-state index is 14.3. The summed E-state index contributed by atoms with van der Waals surface area (Å²) < 4.78 is 21.0. The fourth-order valence-electron chi connectivity index (χ4n) is 2.01. The molecule has 0 fully saturated rings. The molecule has 0 unspecified atom stereocenters. The fraction of sp³-hybridized carbons (Fsp3) is 0.0769. The second-order valence-electron chi connectivity index (χ2n) is 4.17. The van der Waals surface area contributed by atoms with E-state index >= 15 is 0 Å². The smallest absolute Gasteiger partial charge is 0.358 e. The van der Waals surface area contributed by atoms with Crippen molar-refractivity contribution in [2.75, 3.05) is 0 Å².